The third-order valence-corrected chi connectivity index (χ3v) is 4.43. The molecule has 1 aromatic heterocycles. The van der Waals surface area contributed by atoms with Crippen molar-refractivity contribution in [2.75, 3.05) is 44.3 Å². The predicted octanol–water partition coefficient (Wildman–Crippen LogP) is 1.06. The average molecular weight is 316 g/mol. The number of carbonyl (C=O) groups excluding carboxylic acids is 1. The fourth-order valence-corrected chi connectivity index (χ4v) is 3.12. The van der Waals surface area contributed by atoms with Gasteiger partial charge in [-0.05, 0) is 12.1 Å². The molecule has 23 heavy (non-hydrogen) atoms. The van der Waals surface area contributed by atoms with E-state index < -0.39 is 0 Å². The van der Waals surface area contributed by atoms with E-state index in [0.717, 1.165) is 11.2 Å². The molecular formula is C16H17FN4O2. The van der Waals surface area contributed by atoms with Crippen LogP contribution in [0.5, 0.6) is 0 Å². The quantitative estimate of drug-likeness (QED) is 0.829. The van der Waals surface area contributed by atoms with E-state index in [2.05, 4.69) is 9.97 Å². The molecule has 0 spiro atoms. The first-order valence-electron chi connectivity index (χ1n) is 7.74. The van der Waals surface area contributed by atoms with Gasteiger partial charge in [-0.2, -0.15) is 0 Å². The minimum atomic E-state index is -0.314. The van der Waals surface area contributed by atoms with E-state index in [1.165, 1.54) is 18.5 Å². The normalized spacial score (nSPS) is 19.0. The van der Waals surface area contributed by atoms with Crippen LogP contribution in [0.25, 0.3) is 10.9 Å². The molecule has 0 atom stereocenters. The van der Waals surface area contributed by atoms with E-state index in [4.69, 9.17) is 4.74 Å². The summed E-state index contributed by atoms with van der Waals surface area (Å²) in [5.74, 6) is 0.639. The average Bonchev–Trinajstić information content (AvgIpc) is 2.54. The van der Waals surface area contributed by atoms with Crippen molar-refractivity contribution >= 4 is 22.6 Å². The number of morpholine rings is 1. The zero-order valence-electron chi connectivity index (χ0n) is 12.6. The summed E-state index contributed by atoms with van der Waals surface area (Å²) in [7, 11) is 0. The maximum atomic E-state index is 13.3. The van der Waals surface area contributed by atoms with Gasteiger partial charge in [0.1, 0.15) is 18.0 Å². The standard InChI is InChI=1S/C16H17FN4O2/c17-12-1-2-13-14(7-12)18-10-19-15(13)21-8-11(9-21)16(22)20-3-5-23-6-4-20/h1-2,7,10-11H,3-6,8-9H2. The second-order valence-electron chi connectivity index (χ2n) is 5.90. The van der Waals surface area contributed by atoms with Crippen LogP contribution in [0.3, 0.4) is 0 Å². The molecule has 1 aromatic carbocycles. The Morgan fingerprint density at radius 2 is 2.00 bits per heavy atom. The summed E-state index contributed by atoms with van der Waals surface area (Å²) in [5.41, 5.74) is 0.581. The molecule has 2 aliphatic heterocycles. The highest BCUT2D eigenvalue weighted by atomic mass is 19.1. The summed E-state index contributed by atoms with van der Waals surface area (Å²) in [6.07, 6.45) is 1.44. The van der Waals surface area contributed by atoms with Gasteiger partial charge in [0.25, 0.3) is 0 Å². The minimum Gasteiger partial charge on any atom is -0.378 e. The Morgan fingerprint density at radius 1 is 1.22 bits per heavy atom. The smallest absolute Gasteiger partial charge is 0.229 e. The first-order chi connectivity index (χ1) is 11.2. The molecule has 0 saturated carbocycles. The predicted molar refractivity (Wildman–Crippen MR) is 82.6 cm³/mol. The summed E-state index contributed by atoms with van der Waals surface area (Å²) in [6.45, 7) is 3.85. The number of carbonyl (C=O) groups is 1. The lowest BCUT2D eigenvalue weighted by Crippen LogP contribution is -2.56. The molecule has 2 fully saturated rings. The van der Waals surface area contributed by atoms with E-state index >= 15 is 0 Å². The number of ether oxygens (including phenoxy) is 1. The van der Waals surface area contributed by atoms with Gasteiger partial charge in [-0.15, -0.1) is 0 Å². The topological polar surface area (TPSA) is 58.6 Å². The number of amides is 1. The van der Waals surface area contributed by atoms with Crippen LogP contribution in [0.4, 0.5) is 10.2 Å². The van der Waals surface area contributed by atoms with E-state index in [0.29, 0.717) is 44.9 Å². The number of nitrogens with zero attached hydrogens (tertiary/aromatic N) is 4. The van der Waals surface area contributed by atoms with Crippen LogP contribution in [-0.2, 0) is 9.53 Å². The molecule has 3 heterocycles. The Labute approximate surface area is 132 Å². The molecule has 0 aliphatic carbocycles. The highest BCUT2D eigenvalue weighted by molar-refractivity contribution is 5.91. The SMILES string of the molecule is O=C(C1CN(c2ncnc3cc(F)ccc23)C1)N1CCOCC1. The molecular weight excluding hydrogens is 299 g/mol. The molecule has 0 bridgehead atoms. The largest absolute Gasteiger partial charge is 0.378 e. The lowest BCUT2D eigenvalue weighted by Gasteiger charge is -2.42. The van der Waals surface area contributed by atoms with Gasteiger partial charge in [-0.25, -0.2) is 14.4 Å². The van der Waals surface area contributed by atoms with Crippen molar-refractivity contribution in [1.29, 1.82) is 0 Å². The molecule has 0 unspecified atom stereocenters. The molecule has 1 amide bonds. The Hall–Kier alpha value is -2.28. The van der Waals surface area contributed by atoms with Gasteiger partial charge >= 0.3 is 0 Å². The fourth-order valence-electron chi connectivity index (χ4n) is 3.12. The number of fused-ring (bicyclic) bond motifs is 1. The second-order valence-corrected chi connectivity index (χ2v) is 5.90. The Kier molecular flexibility index (Phi) is 3.57. The van der Waals surface area contributed by atoms with Gasteiger partial charge in [0.15, 0.2) is 0 Å². The van der Waals surface area contributed by atoms with Crippen molar-refractivity contribution in [2.24, 2.45) is 5.92 Å². The molecule has 2 aliphatic rings. The molecule has 6 nitrogen and oxygen atoms in total. The van der Waals surface area contributed by atoms with Crippen molar-refractivity contribution in [3.05, 3.63) is 30.3 Å². The van der Waals surface area contributed by atoms with Crippen LogP contribution >= 0.6 is 0 Å². The number of halogens is 1. The summed E-state index contributed by atoms with van der Waals surface area (Å²) < 4.78 is 18.6. The van der Waals surface area contributed by atoms with Crippen molar-refractivity contribution in [3.8, 4) is 0 Å². The van der Waals surface area contributed by atoms with Gasteiger partial charge in [-0.3, -0.25) is 4.79 Å². The van der Waals surface area contributed by atoms with Crippen LogP contribution < -0.4 is 4.90 Å². The van der Waals surface area contributed by atoms with Crippen molar-refractivity contribution in [3.63, 3.8) is 0 Å². The van der Waals surface area contributed by atoms with Gasteiger partial charge in [0.2, 0.25) is 5.91 Å². The van der Waals surface area contributed by atoms with Gasteiger partial charge in [0, 0.05) is 37.6 Å². The van der Waals surface area contributed by atoms with E-state index in [1.807, 2.05) is 9.80 Å². The molecule has 4 rings (SSSR count). The number of rotatable bonds is 2. The monoisotopic (exact) mass is 316 g/mol. The molecule has 120 valence electrons. The number of aromatic nitrogens is 2. The summed E-state index contributed by atoms with van der Waals surface area (Å²) in [5, 5.41) is 0.811. The van der Waals surface area contributed by atoms with Gasteiger partial charge < -0.3 is 14.5 Å². The minimum absolute atomic E-state index is 0.00133. The number of benzene rings is 1. The molecule has 2 aromatic rings. The summed E-state index contributed by atoms with van der Waals surface area (Å²) >= 11 is 0. The van der Waals surface area contributed by atoms with Crippen LogP contribution in [0.2, 0.25) is 0 Å². The Bertz CT molecular complexity index is 742. The lowest BCUT2D eigenvalue weighted by atomic mass is 9.97. The highest BCUT2D eigenvalue weighted by Gasteiger charge is 2.37. The summed E-state index contributed by atoms with van der Waals surface area (Å²) in [4.78, 5) is 24.8. The molecule has 2 saturated heterocycles. The van der Waals surface area contributed by atoms with Gasteiger partial charge in [-0.1, -0.05) is 0 Å². The third kappa shape index (κ3) is 2.61. The highest BCUT2D eigenvalue weighted by Crippen LogP contribution is 2.30. The summed E-state index contributed by atoms with van der Waals surface area (Å²) in [6, 6.07) is 4.50. The molecule has 7 heteroatoms. The van der Waals surface area contributed by atoms with Crippen molar-refractivity contribution in [2.45, 2.75) is 0 Å². The Morgan fingerprint density at radius 3 is 2.78 bits per heavy atom. The third-order valence-electron chi connectivity index (χ3n) is 4.43. The van der Waals surface area contributed by atoms with E-state index in [9.17, 15) is 9.18 Å². The van der Waals surface area contributed by atoms with Crippen LogP contribution in [0.1, 0.15) is 0 Å². The lowest BCUT2D eigenvalue weighted by molar-refractivity contribution is -0.140. The van der Waals surface area contributed by atoms with Gasteiger partial charge in [0.05, 0.1) is 24.6 Å². The maximum Gasteiger partial charge on any atom is 0.229 e. The number of hydrogen-bond acceptors (Lipinski definition) is 5. The van der Waals surface area contributed by atoms with E-state index in [-0.39, 0.29) is 17.6 Å². The fraction of sp³-hybridized carbons (Fsp3) is 0.438. The van der Waals surface area contributed by atoms with Crippen LogP contribution in [-0.4, -0.2) is 60.2 Å². The van der Waals surface area contributed by atoms with Crippen LogP contribution in [0, 0.1) is 11.7 Å². The number of hydrogen-bond donors (Lipinski definition) is 0. The van der Waals surface area contributed by atoms with Crippen molar-refractivity contribution in [1.82, 2.24) is 14.9 Å². The molecule has 0 radical (unpaired) electrons. The second kappa shape index (κ2) is 5.73. The zero-order chi connectivity index (χ0) is 15.8. The zero-order valence-corrected chi connectivity index (χ0v) is 12.6. The first kappa shape index (κ1) is 14.3. The number of anilines is 1. The molecule has 0 N–H and O–H groups in total. The Balaban J connectivity index is 1.48. The van der Waals surface area contributed by atoms with E-state index in [1.54, 1.807) is 6.07 Å². The van der Waals surface area contributed by atoms with Crippen molar-refractivity contribution < 1.29 is 13.9 Å². The van der Waals surface area contributed by atoms with Crippen LogP contribution in [0.15, 0.2) is 24.5 Å². The maximum absolute atomic E-state index is 13.3. The first-order valence-corrected chi connectivity index (χ1v) is 7.74.